The van der Waals surface area contributed by atoms with Crippen LogP contribution in [0, 0.1) is 13.8 Å². The Morgan fingerprint density at radius 3 is 2.30 bits per heavy atom. The van der Waals surface area contributed by atoms with Crippen LogP contribution < -0.4 is 14.8 Å². The molecule has 0 aliphatic rings. The van der Waals surface area contributed by atoms with E-state index in [0.29, 0.717) is 24.6 Å². The second kappa shape index (κ2) is 7.72. The fraction of sp³-hybridized carbons (Fsp3) is 0.389. The minimum Gasteiger partial charge on any atom is -0.493 e. The lowest BCUT2D eigenvalue weighted by Crippen LogP contribution is -2.30. The zero-order valence-corrected chi connectivity index (χ0v) is 14.2. The van der Waals surface area contributed by atoms with Crippen LogP contribution in [-0.2, 0) is 17.8 Å². The maximum atomic E-state index is 12.1. The molecule has 0 aliphatic heterocycles. The van der Waals surface area contributed by atoms with Crippen molar-refractivity contribution < 1.29 is 14.3 Å². The number of hydrogen-bond donors (Lipinski definition) is 1. The lowest BCUT2D eigenvalue weighted by molar-refractivity contribution is -0.121. The molecule has 2 rings (SSSR count). The van der Waals surface area contributed by atoms with Crippen molar-refractivity contribution in [3.05, 3.63) is 47.3 Å². The number of hydrogen-bond acceptors (Lipinski definition) is 3. The summed E-state index contributed by atoms with van der Waals surface area (Å²) < 4.78 is 12.5. The number of methoxy groups -OCH3 is 2. The molecule has 0 radical (unpaired) electrons. The Morgan fingerprint density at radius 2 is 1.70 bits per heavy atom. The molecule has 2 aromatic rings. The van der Waals surface area contributed by atoms with E-state index < -0.39 is 0 Å². The highest BCUT2D eigenvalue weighted by atomic mass is 16.5. The van der Waals surface area contributed by atoms with Crippen molar-refractivity contribution in [1.82, 2.24) is 9.88 Å². The second-order valence-corrected chi connectivity index (χ2v) is 5.49. The zero-order valence-electron chi connectivity index (χ0n) is 14.2. The summed E-state index contributed by atoms with van der Waals surface area (Å²) in [5.41, 5.74) is 3.28. The lowest BCUT2D eigenvalue weighted by Gasteiger charge is -2.11. The van der Waals surface area contributed by atoms with Crippen molar-refractivity contribution >= 4 is 5.91 Å². The third kappa shape index (κ3) is 4.28. The molecule has 0 fully saturated rings. The van der Waals surface area contributed by atoms with E-state index >= 15 is 0 Å². The molecule has 0 bridgehead atoms. The molecule has 0 spiro atoms. The van der Waals surface area contributed by atoms with Crippen molar-refractivity contribution in [2.24, 2.45) is 0 Å². The molecule has 1 heterocycles. The quantitative estimate of drug-likeness (QED) is 0.854. The molecule has 5 nitrogen and oxygen atoms in total. The molecule has 5 heteroatoms. The first kappa shape index (κ1) is 16.9. The smallest absolute Gasteiger partial charge is 0.239 e. The van der Waals surface area contributed by atoms with Crippen LogP contribution in [0.15, 0.2) is 30.3 Å². The standard InChI is InChI=1S/C18H24N2O3/c1-13-5-6-14(2)20(13)12-18(21)19-10-9-15-7-8-16(22-3)17(11-15)23-4/h5-8,11H,9-10,12H2,1-4H3,(H,19,21). The average Bonchev–Trinajstić information content (AvgIpc) is 2.86. The van der Waals surface area contributed by atoms with Crippen LogP contribution in [-0.4, -0.2) is 31.2 Å². The molecule has 1 aromatic carbocycles. The number of ether oxygens (including phenoxy) is 2. The van der Waals surface area contributed by atoms with Crippen molar-refractivity contribution in [1.29, 1.82) is 0 Å². The molecular weight excluding hydrogens is 292 g/mol. The maximum Gasteiger partial charge on any atom is 0.239 e. The lowest BCUT2D eigenvalue weighted by atomic mass is 10.1. The average molecular weight is 316 g/mol. The number of carbonyl (C=O) groups is 1. The fourth-order valence-corrected chi connectivity index (χ4v) is 2.53. The van der Waals surface area contributed by atoms with Gasteiger partial charge in [-0.05, 0) is 50.1 Å². The van der Waals surface area contributed by atoms with E-state index in [1.807, 2.05) is 48.7 Å². The summed E-state index contributed by atoms with van der Waals surface area (Å²) in [6.07, 6.45) is 0.746. The number of nitrogens with one attached hydrogen (secondary N) is 1. The molecule has 0 unspecified atom stereocenters. The number of nitrogens with zero attached hydrogens (tertiary/aromatic N) is 1. The Bertz CT molecular complexity index is 657. The fourth-order valence-electron chi connectivity index (χ4n) is 2.53. The van der Waals surface area contributed by atoms with Gasteiger partial charge in [-0.15, -0.1) is 0 Å². The van der Waals surface area contributed by atoms with E-state index in [9.17, 15) is 4.79 Å². The highest BCUT2D eigenvalue weighted by Gasteiger charge is 2.08. The first-order valence-corrected chi connectivity index (χ1v) is 7.65. The Morgan fingerprint density at radius 1 is 1.04 bits per heavy atom. The highest BCUT2D eigenvalue weighted by molar-refractivity contribution is 5.75. The minimum atomic E-state index is 0.0212. The molecular formula is C18H24N2O3. The van der Waals surface area contributed by atoms with Gasteiger partial charge in [0.2, 0.25) is 5.91 Å². The third-order valence-electron chi connectivity index (χ3n) is 3.90. The van der Waals surface area contributed by atoms with Gasteiger partial charge in [0.1, 0.15) is 6.54 Å². The topological polar surface area (TPSA) is 52.5 Å². The summed E-state index contributed by atoms with van der Waals surface area (Å²) in [5.74, 6) is 1.43. The van der Waals surface area contributed by atoms with Gasteiger partial charge in [0.25, 0.3) is 0 Å². The number of aromatic nitrogens is 1. The van der Waals surface area contributed by atoms with Crippen molar-refractivity contribution in [3.63, 3.8) is 0 Å². The largest absolute Gasteiger partial charge is 0.493 e. The minimum absolute atomic E-state index is 0.0212. The number of carbonyl (C=O) groups excluding carboxylic acids is 1. The Balaban J connectivity index is 1.86. The third-order valence-corrected chi connectivity index (χ3v) is 3.90. The van der Waals surface area contributed by atoms with Gasteiger partial charge in [-0.2, -0.15) is 0 Å². The molecule has 124 valence electrons. The van der Waals surface area contributed by atoms with Crippen LogP contribution in [0.5, 0.6) is 11.5 Å². The maximum absolute atomic E-state index is 12.1. The summed E-state index contributed by atoms with van der Waals surface area (Å²) in [4.78, 5) is 12.1. The number of benzene rings is 1. The van der Waals surface area contributed by atoms with Crippen LogP contribution in [0.1, 0.15) is 17.0 Å². The molecule has 0 saturated heterocycles. The Kier molecular flexibility index (Phi) is 5.68. The van der Waals surface area contributed by atoms with E-state index in [4.69, 9.17) is 9.47 Å². The molecule has 0 aliphatic carbocycles. The molecule has 1 N–H and O–H groups in total. The summed E-state index contributed by atoms with van der Waals surface area (Å²) >= 11 is 0. The van der Waals surface area contributed by atoms with E-state index in [1.165, 1.54) is 0 Å². The predicted molar refractivity (Wildman–Crippen MR) is 90.2 cm³/mol. The zero-order chi connectivity index (χ0) is 16.8. The first-order chi connectivity index (χ1) is 11.0. The number of amides is 1. The van der Waals surface area contributed by atoms with E-state index in [-0.39, 0.29) is 5.91 Å². The van der Waals surface area contributed by atoms with Crippen molar-refractivity contribution in [2.75, 3.05) is 20.8 Å². The van der Waals surface area contributed by atoms with Gasteiger partial charge in [0.15, 0.2) is 11.5 Å². The van der Waals surface area contributed by atoms with Gasteiger partial charge in [0.05, 0.1) is 14.2 Å². The van der Waals surface area contributed by atoms with Crippen LogP contribution in [0.4, 0.5) is 0 Å². The number of rotatable bonds is 7. The molecule has 0 saturated carbocycles. The summed E-state index contributed by atoms with van der Waals surface area (Å²) in [6, 6.07) is 9.83. The van der Waals surface area contributed by atoms with Crippen molar-refractivity contribution in [2.45, 2.75) is 26.8 Å². The predicted octanol–water partition coefficient (Wildman–Crippen LogP) is 2.48. The van der Waals surface area contributed by atoms with Gasteiger partial charge in [-0.1, -0.05) is 6.07 Å². The summed E-state index contributed by atoms with van der Waals surface area (Å²) in [6.45, 7) is 4.96. The second-order valence-electron chi connectivity index (χ2n) is 5.49. The van der Waals surface area contributed by atoms with Gasteiger partial charge in [-0.25, -0.2) is 0 Å². The monoisotopic (exact) mass is 316 g/mol. The molecule has 1 aromatic heterocycles. The van der Waals surface area contributed by atoms with Gasteiger partial charge >= 0.3 is 0 Å². The molecule has 0 atom stereocenters. The Labute approximate surface area is 137 Å². The van der Waals surface area contributed by atoms with Gasteiger partial charge in [0, 0.05) is 17.9 Å². The highest BCUT2D eigenvalue weighted by Crippen LogP contribution is 2.27. The van der Waals surface area contributed by atoms with Crippen LogP contribution >= 0.6 is 0 Å². The summed E-state index contributed by atoms with van der Waals surface area (Å²) in [5, 5.41) is 2.96. The van der Waals surface area contributed by atoms with Crippen LogP contribution in [0.3, 0.4) is 0 Å². The van der Waals surface area contributed by atoms with Crippen LogP contribution in [0.25, 0.3) is 0 Å². The van der Waals surface area contributed by atoms with E-state index in [1.54, 1.807) is 14.2 Å². The van der Waals surface area contributed by atoms with Gasteiger partial charge < -0.3 is 19.4 Å². The van der Waals surface area contributed by atoms with Crippen LogP contribution in [0.2, 0.25) is 0 Å². The van der Waals surface area contributed by atoms with Crippen molar-refractivity contribution in [3.8, 4) is 11.5 Å². The molecule has 1 amide bonds. The van der Waals surface area contributed by atoms with E-state index in [2.05, 4.69) is 5.32 Å². The first-order valence-electron chi connectivity index (χ1n) is 7.65. The molecule has 23 heavy (non-hydrogen) atoms. The summed E-state index contributed by atoms with van der Waals surface area (Å²) in [7, 11) is 3.23. The van der Waals surface area contributed by atoms with E-state index in [0.717, 1.165) is 23.4 Å². The normalized spacial score (nSPS) is 10.4. The SMILES string of the molecule is COc1ccc(CCNC(=O)Cn2c(C)ccc2C)cc1OC. The number of aryl methyl sites for hydroxylation is 2. The Hall–Kier alpha value is -2.43. The van der Waals surface area contributed by atoms with Gasteiger partial charge in [-0.3, -0.25) is 4.79 Å².